The molecule has 1 atom stereocenters. The molecule has 3 N–H and O–H groups in total. The number of hydrogen-bond donors (Lipinski definition) is 3. The van der Waals surface area contributed by atoms with Crippen molar-refractivity contribution in [2.75, 3.05) is 25.0 Å². The third-order valence-corrected chi connectivity index (χ3v) is 3.88. The number of nitrogens with one attached hydrogen (secondary N) is 3. The van der Waals surface area contributed by atoms with E-state index in [1.54, 1.807) is 0 Å². The van der Waals surface area contributed by atoms with E-state index < -0.39 is 0 Å². The van der Waals surface area contributed by atoms with E-state index >= 15 is 0 Å². The molecule has 1 aliphatic rings. The van der Waals surface area contributed by atoms with E-state index in [0.29, 0.717) is 12.5 Å². The summed E-state index contributed by atoms with van der Waals surface area (Å²) in [5.74, 6) is 0.479. The van der Waals surface area contributed by atoms with E-state index in [1.807, 2.05) is 18.2 Å². The summed E-state index contributed by atoms with van der Waals surface area (Å²) < 4.78 is 0. The Bertz CT molecular complexity index is 465. The van der Waals surface area contributed by atoms with Crippen LogP contribution in [-0.4, -0.2) is 31.1 Å². The second-order valence-corrected chi connectivity index (χ2v) is 6.17. The van der Waals surface area contributed by atoms with Crippen LogP contribution in [0.3, 0.4) is 0 Å². The van der Waals surface area contributed by atoms with E-state index in [-0.39, 0.29) is 11.4 Å². The molecule has 0 aliphatic carbocycles. The van der Waals surface area contributed by atoms with Crippen molar-refractivity contribution in [3.63, 3.8) is 0 Å². The highest BCUT2D eigenvalue weighted by molar-refractivity contribution is 5.92. The maximum atomic E-state index is 12.0. The summed E-state index contributed by atoms with van der Waals surface area (Å²) in [4.78, 5) is 12.0. The number of anilines is 1. The normalized spacial score (nSPS) is 22.2. The fraction of sp³-hybridized carbons (Fsp3) is 0.562. The Morgan fingerprint density at radius 3 is 2.90 bits per heavy atom. The number of carbonyl (C=O) groups is 1. The summed E-state index contributed by atoms with van der Waals surface area (Å²) in [6.07, 6.45) is 1.06. The number of benzene rings is 1. The quantitative estimate of drug-likeness (QED) is 0.771. The minimum absolute atomic E-state index is 0.0130. The van der Waals surface area contributed by atoms with E-state index in [9.17, 15) is 4.79 Å². The van der Waals surface area contributed by atoms with Crippen molar-refractivity contribution >= 4 is 11.6 Å². The molecule has 1 fully saturated rings. The smallest absolute Gasteiger partial charge is 0.238 e. The van der Waals surface area contributed by atoms with Crippen molar-refractivity contribution in [3.8, 4) is 0 Å². The molecule has 1 aromatic carbocycles. The van der Waals surface area contributed by atoms with Gasteiger partial charge in [0.1, 0.15) is 0 Å². The van der Waals surface area contributed by atoms with Crippen molar-refractivity contribution in [2.45, 2.75) is 38.6 Å². The van der Waals surface area contributed by atoms with E-state index in [1.165, 1.54) is 5.56 Å². The Morgan fingerprint density at radius 1 is 1.45 bits per heavy atom. The van der Waals surface area contributed by atoms with Gasteiger partial charge in [0.25, 0.3) is 0 Å². The van der Waals surface area contributed by atoms with Crippen LogP contribution in [0.15, 0.2) is 24.3 Å². The minimum atomic E-state index is 0.0130. The highest BCUT2D eigenvalue weighted by Crippen LogP contribution is 2.18. The molecule has 0 bridgehead atoms. The lowest BCUT2D eigenvalue weighted by molar-refractivity contribution is -0.115. The molecule has 1 saturated heterocycles. The topological polar surface area (TPSA) is 53.2 Å². The van der Waals surface area contributed by atoms with Gasteiger partial charge in [0.15, 0.2) is 0 Å². The summed E-state index contributed by atoms with van der Waals surface area (Å²) in [7, 11) is 0. The van der Waals surface area contributed by atoms with Crippen molar-refractivity contribution in [1.29, 1.82) is 0 Å². The first kappa shape index (κ1) is 15.0. The highest BCUT2D eigenvalue weighted by atomic mass is 16.1. The van der Waals surface area contributed by atoms with Crippen LogP contribution in [0.25, 0.3) is 0 Å². The zero-order valence-corrected chi connectivity index (χ0v) is 12.6. The van der Waals surface area contributed by atoms with Crippen LogP contribution >= 0.6 is 0 Å². The molecule has 1 unspecified atom stereocenters. The predicted molar refractivity (Wildman–Crippen MR) is 83.1 cm³/mol. The lowest BCUT2D eigenvalue weighted by atomic mass is 10.0. The minimum Gasteiger partial charge on any atom is -0.325 e. The Hall–Kier alpha value is -1.39. The van der Waals surface area contributed by atoms with Crippen molar-refractivity contribution < 1.29 is 4.79 Å². The average Bonchev–Trinajstić information content (AvgIpc) is 2.84. The third kappa shape index (κ3) is 4.05. The maximum absolute atomic E-state index is 12.0. The van der Waals surface area contributed by atoms with Crippen LogP contribution in [0.5, 0.6) is 0 Å². The molecule has 1 amide bonds. The fourth-order valence-electron chi connectivity index (χ4n) is 2.44. The van der Waals surface area contributed by atoms with Crippen LogP contribution in [0.1, 0.15) is 38.7 Å². The lowest BCUT2D eigenvalue weighted by Crippen LogP contribution is -2.47. The molecule has 0 radical (unpaired) electrons. The predicted octanol–water partition coefficient (Wildman–Crippen LogP) is 2.09. The molecule has 2 rings (SSSR count). The first-order valence-corrected chi connectivity index (χ1v) is 7.34. The SMILES string of the molecule is CC(C)c1cccc(NC(=O)CNC2(C)CCNC2)c1. The van der Waals surface area contributed by atoms with Gasteiger partial charge in [-0.15, -0.1) is 0 Å². The standard InChI is InChI=1S/C16H25N3O/c1-12(2)13-5-4-6-14(9-13)19-15(20)10-18-16(3)7-8-17-11-16/h4-6,9,12,17-18H,7-8,10-11H2,1-3H3,(H,19,20). The molecule has 1 heterocycles. The number of amides is 1. The van der Waals surface area contributed by atoms with Gasteiger partial charge in [0, 0.05) is 17.8 Å². The van der Waals surface area contributed by atoms with E-state index in [0.717, 1.165) is 25.2 Å². The summed E-state index contributed by atoms with van der Waals surface area (Å²) in [6.45, 7) is 8.74. The van der Waals surface area contributed by atoms with Crippen molar-refractivity contribution in [2.24, 2.45) is 0 Å². The third-order valence-electron chi connectivity index (χ3n) is 3.88. The molecule has 0 saturated carbocycles. The Labute approximate surface area is 121 Å². The van der Waals surface area contributed by atoms with Crippen LogP contribution in [0.4, 0.5) is 5.69 Å². The van der Waals surface area contributed by atoms with Gasteiger partial charge in [0.05, 0.1) is 6.54 Å². The molecule has 4 nitrogen and oxygen atoms in total. The van der Waals surface area contributed by atoms with Crippen LogP contribution in [0, 0.1) is 0 Å². The molecule has 20 heavy (non-hydrogen) atoms. The molecular formula is C16H25N3O. The summed E-state index contributed by atoms with van der Waals surface area (Å²) in [6, 6.07) is 8.05. The Kier molecular flexibility index (Phi) is 4.78. The van der Waals surface area contributed by atoms with Crippen molar-refractivity contribution in [3.05, 3.63) is 29.8 Å². The second-order valence-electron chi connectivity index (χ2n) is 6.17. The monoisotopic (exact) mass is 275 g/mol. The number of carbonyl (C=O) groups excluding carboxylic acids is 1. The van der Waals surface area contributed by atoms with Gasteiger partial charge in [-0.3, -0.25) is 4.79 Å². The zero-order chi connectivity index (χ0) is 14.6. The van der Waals surface area contributed by atoms with Gasteiger partial charge in [-0.1, -0.05) is 26.0 Å². The first-order valence-electron chi connectivity index (χ1n) is 7.34. The largest absolute Gasteiger partial charge is 0.325 e. The highest BCUT2D eigenvalue weighted by Gasteiger charge is 2.28. The van der Waals surface area contributed by atoms with Crippen LogP contribution in [-0.2, 0) is 4.79 Å². The van der Waals surface area contributed by atoms with Gasteiger partial charge < -0.3 is 16.0 Å². The van der Waals surface area contributed by atoms with Gasteiger partial charge >= 0.3 is 0 Å². The molecule has 1 aliphatic heterocycles. The summed E-state index contributed by atoms with van der Waals surface area (Å²) in [5, 5.41) is 9.61. The molecule has 0 spiro atoms. The summed E-state index contributed by atoms with van der Waals surface area (Å²) >= 11 is 0. The maximum Gasteiger partial charge on any atom is 0.238 e. The Balaban J connectivity index is 1.86. The first-order chi connectivity index (χ1) is 9.48. The van der Waals surface area contributed by atoms with Gasteiger partial charge in [0.2, 0.25) is 5.91 Å². The number of hydrogen-bond acceptors (Lipinski definition) is 3. The van der Waals surface area contributed by atoms with Gasteiger partial charge in [-0.2, -0.15) is 0 Å². The Morgan fingerprint density at radius 2 is 2.25 bits per heavy atom. The molecule has 4 heteroatoms. The van der Waals surface area contributed by atoms with E-state index in [4.69, 9.17) is 0 Å². The van der Waals surface area contributed by atoms with Gasteiger partial charge in [-0.25, -0.2) is 0 Å². The zero-order valence-electron chi connectivity index (χ0n) is 12.6. The average molecular weight is 275 g/mol. The second kappa shape index (κ2) is 6.37. The van der Waals surface area contributed by atoms with Crippen molar-refractivity contribution in [1.82, 2.24) is 10.6 Å². The number of rotatable bonds is 5. The van der Waals surface area contributed by atoms with E-state index in [2.05, 4.69) is 42.8 Å². The van der Waals surface area contributed by atoms with Gasteiger partial charge in [-0.05, 0) is 43.5 Å². The van der Waals surface area contributed by atoms with Crippen LogP contribution in [0.2, 0.25) is 0 Å². The lowest BCUT2D eigenvalue weighted by Gasteiger charge is -2.24. The molecule has 0 aromatic heterocycles. The molecule has 1 aromatic rings. The molecular weight excluding hydrogens is 250 g/mol. The van der Waals surface area contributed by atoms with Crippen LogP contribution < -0.4 is 16.0 Å². The molecule has 110 valence electrons. The summed E-state index contributed by atoms with van der Waals surface area (Å²) in [5.41, 5.74) is 2.15. The fourth-order valence-corrected chi connectivity index (χ4v) is 2.44.